The number of hydrogen-bond acceptors (Lipinski definition) is 7. The van der Waals surface area contributed by atoms with Gasteiger partial charge < -0.3 is 19.4 Å². The summed E-state index contributed by atoms with van der Waals surface area (Å²) < 4.78 is 8.09. The number of carbonyl (C=O) groups is 1. The Morgan fingerprint density at radius 3 is 2.58 bits per heavy atom. The number of aliphatic hydroxyl groups is 1. The van der Waals surface area contributed by atoms with Gasteiger partial charge in [0.15, 0.2) is 11.2 Å². The van der Waals surface area contributed by atoms with E-state index < -0.39 is 23.0 Å². The van der Waals surface area contributed by atoms with Gasteiger partial charge in [-0.3, -0.25) is 13.9 Å². The quantitative estimate of drug-likeness (QED) is 0.208. The molecule has 11 nitrogen and oxygen atoms in total. The molecular weight excluding hydrogens is 428 g/mol. The third kappa shape index (κ3) is 3.19. The second-order valence-electron chi connectivity index (χ2n) is 6.76. The summed E-state index contributed by atoms with van der Waals surface area (Å²) in [5, 5.41) is 10.7. The van der Waals surface area contributed by atoms with Crippen molar-refractivity contribution in [2.75, 3.05) is 7.11 Å². The number of rotatable bonds is 4. The van der Waals surface area contributed by atoms with Crippen LogP contribution in [-0.4, -0.2) is 46.8 Å². The fourth-order valence-electron chi connectivity index (χ4n) is 3.32. The van der Waals surface area contributed by atoms with Crippen molar-refractivity contribution in [3.05, 3.63) is 62.0 Å². The first-order valence-electron chi connectivity index (χ1n) is 9.01. The van der Waals surface area contributed by atoms with Gasteiger partial charge in [0.1, 0.15) is 17.2 Å². The third-order valence-corrected chi connectivity index (χ3v) is 5.20. The van der Waals surface area contributed by atoms with Crippen LogP contribution in [0.15, 0.2) is 39.6 Å². The predicted molar refractivity (Wildman–Crippen MR) is 113 cm³/mol. The van der Waals surface area contributed by atoms with Crippen LogP contribution in [0, 0.1) is 0 Å². The molecule has 160 valence electrons. The lowest BCUT2D eigenvalue weighted by Crippen LogP contribution is -2.37. The highest BCUT2D eigenvalue weighted by molar-refractivity contribution is 6.29. The van der Waals surface area contributed by atoms with Gasteiger partial charge in [0.25, 0.3) is 5.56 Å². The van der Waals surface area contributed by atoms with Crippen molar-refractivity contribution in [1.82, 2.24) is 28.7 Å². The number of aromatic amines is 1. The molecule has 0 aliphatic heterocycles. The summed E-state index contributed by atoms with van der Waals surface area (Å²) in [4.78, 5) is 48.7. The van der Waals surface area contributed by atoms with Gasteiger partial charge in [-0.25, -0.2) is 14.6 Å². The molecule has 4 aromatic rings. The zero-order valence-corrected chi connectivity index (χ0v) is 17.5. The van der Waals surface area contributed by atoms with E-state index in [9.17, 15) is 19.5 Å². The van der Waals surface area contributed by atoms with Crippen molar-refractivity contribution in [2.24, 2.45) is 14.1 Å². The number of fused-ring (bicyclic) bond motifs is 2. The summed E-state index contributed by atoms with van der Waals surface area (Å²) in [6.45, 7) is -0.385. The lowest BCUT2D eigenvalue weighted by molar-refractivity contribution is -0.133. The van der Waals surface area contributed by atoms with E-state index in [1.54, 1.807) is 24.3 Å². The average molecular weight is 445 g/mol. The molecule has 0 saturated heterocycles. The number of allylic oxidation sites excluding steroid dienone is 1. The molecule has 0 radical (unpaired) electrons. The van der Waals surface area contributed by atoms with Crippen LogP contribution in [0.2, 0.25) is 5.28 Å². The number of para-hydroxylation sites is 2. The van der Waals surface area contributed by atoms with Crippen molar-refractivity contribution >= 4 is 45.3 Å². The molecule has 31 heavy (non-hydrogen) atoms. The van der Waals surface area contributed by atoms with Crippen molar-refractivity contribution in [3.8, 4) is 0 Å². The maximum Gasteiger partial charge on any atom is 0.345 e. The summed E-state index contributed by atoms with van der Waals surface area (Å²) in [6, 6.07) is 7.09. The van der Waals surface area contributed by atoms with Crippen LogP contribution in [-0.2, 0) is 30.2 Å². The number of imidazole rings is 2. The number of methoxy groups -OCH3 is 1. The number of aliphatic hydroxyl groups excluding tert-OH is 1. The Kier molecular flexibility index (Phi) is 4.90. The third-order valence-electron chi connectivity index (χ3n) is 4.91. The van der Waals surface area contributed by atoms with Crippen LogP contribution in [0.4, 0.5) is 0 Å². The van der Waals surface area contributed by atoms with E-state index in [1.807, 2.05) is 0 Å². The van der Waals surface area contributed by atoms with E-state index in [0.29, 0.717) is 11.0 Å². The standard InChI is InChI=1S/C19H17ClN6O5/c1-24-15-13(16(28)25(2)19(24)30)26(18(20)23-15)8-11(27)12(17(29)31-3)14-21-9-6-4-5-7-10(9)22-14/h4-7,27H,8H2,1-3H3,(H,21,22)/b12-11+. The Labute approximate surface area is 178 Å². The maximum absolute atomic E-state index is 12.7. The monoisotopic (exact) mass is 444 g/mol. The first-order chi connectivity index (χ1) is 14.7. The Morgan fingerprint density at radius 1 is 1.19 bits per heavy atom. The van der Waals surface area contributed by atoms with Gasteiger partial charge in [0.05, 0.1) is 24.7 Å². The fraction of sp³-hybridized carbons (Fsp3) is 0.211. The number of aryl methyl sites for hydroxylation is 1. The number of ether oxygens (including phenoxy) is 1. The number of H-pyrrole nitrogens is 1. The first-order valence-corrected chi connectivity index (χ1v) is 9.39. The van der Waals surface area contributed by atoms with Gasteiger partial charge in [0.2, 0.25) is 5.28 Å². The molecule has 0 aliphatic carbocycles. The van der Waals surface area contributed by atoms with Crippen LogP contribution < -0.4 is 11.2 Å². The van der Waals surface area contributed by atoms with E-state index >= 15 is 0 Å². The van der Waals surface area contributed by atoms with Gasteiger partial charge in [-0.2, -0.15) is 4.98 Å². The Balaban J connectivity index is 1.93. The van der Waals surface area contributed by atoms with Crippen molar-refractivity contribution in [3.63, 3.8) is 0 Å². The van der Waals surface area contributed by atoms with Crippen molar-refractivity contribution in [2.45, 2.75) is 6.54 Å². The number of halogens is 1. The van der Waals surface area contributed by atoms with Crippen molar-refractivity contribution in [1.29, 1.82) is 0 Å². The highest BCUT2D eigenvalue weighted by Gasteiger charge is 2.25. The molecule has 0 unspecified atom stereocenters. The van der Waals surface area contributed by atoms with Crippen LogP contribution in [0.1, 0.15) is 5.82 Å². The smallest absolute Gasteiger partial charge is 0.345 e. The van der Waals surface area contributed by atoms with E-state index in [2.05, 4.69) is 15.0 Å². The highest BCUT2D eigenvalue weighted by atomic mass is 35.5. The van der Waals surface area contributed by atoms with Crippen LogP contribution in [0.25, 0.3) is 27.8 Å². The lowest BCUT2D eigenvalue weighted by Gasteiger charge is -2.10. The average Bonchev–Trinajstić information content (AvgIpc) is 3.32. The maximum atomic E-state index is 12.7. The number of nitrogens with one attached hydrogen (secondary N) is 1. The Bertz CT molecular complexity index is 1470. The normalized spacial score (nSPS) is 12.4. The number of hydrogen-bond donors (Lipinski definition) is 2. The Hall–Kier alpha value is -3.86. The first kappa shape index (κ1) is 20.4. The topological polar surface area (TPSA) is 137 Å². The van der Waals surface area contributed by atoms with E-state index in [4.69, 9.17) is 16.3 Å². The molecule has 1 aromatic carbocycles. The van der Waals surface area contributed by atoms with Crippen LogP contribution >= 0.6 is 11.6 Å². The second-order valence-corrected chi connectivity index (χ2v) is 7.10. The molecular formula is C19H17ClN6O5. The molecule has 0 atom stereocenters. The van der Waals surface area contributed by atoms with E-state index in [-0.39, 0.29) is 34.4 Å². The SMILES string of the molecule is COC(=O)/C(=C(/O)Cn1c(Cl)nc2c1c(=O)n(C)c(=O)n2C)c1nc2ccccc2[nH]1. The minimum Gasteiger partial charge on any atom is -0.509 e. The minimum atomic E-state index is -0.836. The van der Waals surface area contributed by atoms with Gasteiger partial charge >= 0.3 is 11.7 Å². The van der Waals surface area contributed by atoms with Gasteiger partial charge in [-0.05, 0) is 23.7 Å². The lowest BCUT2D eigenvalue weighted by atomic mass is 10.2. The molecule has 4 rings (SSSR count). The van der Waals surface area contributed by atoms with Crippen LogP contribution in [0.3, 0.4) is 0 Å². The molecule has 12 heteroatoms. The predicted octanol–water partition coefficient (Wildman–Crippen LogP) is 1.11. The molecule has 0 amide bonds. The van der Waals surface area contributed by atoms with E-state index in [1.165, 1.54) is 30.3 Å². The highest BCUT2D eigenvalue weighted by Crippen LogP contribution is 2.23. The van der Waals surface area contributed by atoms with E-state index in [0.717, 1.165) is 4.57 Å². The summed E-state index contributed by atoms with van der Waals surface area (Å²) in [7, 11) is 3.93. The largest absolute Gasteiger partial charge is 0.509 e. The number of aromatic nitrogens is 6. The number of nitrogens with zero attached hydrogens (tertiary/aromatic N) is 5. The van der Waals surface area contributed by atoms with Crippen molar-refractivity contribution < 1.29 is 14.6 Å². The molecule has 0 aliphatic rings. The molecule has 0 spiro atoms. The number of esters is 1. The second kappa shape index (κ2) is 7.43. The molecule has 2 N–H and O–H groups in total. The molecule has 0 bridgehead atoms. The summed E-state index contributed by atoms with van der Waals surface area (Å²) in [5.41, 5.74) is -0.157. The van der Waals surface area contributed by atoms with Gasteiger partial charge in [0, 0.05) is 14.1 Å². The fourth-order valence-corrected chi connectivity index (χ4v) is 3.54. The summed E-state index contributed by atoms with van der Waals surface area (Å²) in [5.74, 6) is -1.20. The minimum absolute atomic E-state index is 0.00466. The molecule has 0 fully saturated rings. The van der Waals surface area contributed by atoms with Crippen LogP contribution in [0.5, 0.6) is 0 Å². The Morgan fingerprint density at radius 2 is 1.90 bits per heavy atom. The molecule has 3 heterocycles. The summed E-state index contributed by atoms with van der Waals surface area (Å²) in [6.07, 6.45) is 0. The zero-order chi connectivity index (χ0) is 22.4. The van der Waals surface area contributed by atoms with Gasteiger partial charge in [-0.15, -0.1) is 0 Å². The zero-order valence-electron chi connectivity index (χ0n) is 16.7. The van der Waals surface area contributed by atoms with Gasteiger partial charge in [-0.1, -0.05) is 12.1 Å². The molecule has 3 aromatic heterocycles. The molecule has 0 saturated carbocycles. The number of carbonyl (C=O) groups excluding carboxylic acids is 1. The summed E-state index contributed by atoms with van der Waals surface area (Å²) >= 11 is 6.20. The number of benzene rings is 1.